The second-order valence-electron chi connectivity index (χ2n) is 6.96. The van der Waals surface area contributed by atoms with E-state index in [4.69, 9.17) is 33.0 Å². The first kappa shape index (κ1) is 20.5. The van der Waals surface area contributed by atoms with Crippen molar-refractivity contribution in [2.24, 2.45) is 0 Å². The molecule has 0 aliphatic carbocycles. The van der Waals surface area contributed by atoms with Crippen LogP contribution in [-0.4, -0.2) is 57.0 Å². The summed E-state index contributed by atoms with van der Waals surface area (Å²) in [7, 11) is 0. The van der Waals surface area contributed by atoms with Crippen LogP contribution >= 0.6 is 23.2 Å². The molecule has 0 spiro atoms. The lowest BCUT2D eigenvalue weighted by atomic mass is 10.1. The molecular weight excluding hydrogens is 433 g/mol. The lowest BCUT2D eigenvalue weighted by Gasteiger charge is -2.25. The average Bonchev–Trinajstić information content (AvgIpc) is 3.38. The van der Waals surface area contributed by atoms with Crippen LogP contribution < -0.4 is 4.90 Å². The summed E-state index contributed by atoms with van der Waals surface area (Å²) in [6, 6.07) is 6.33. The number of rotatable bonds is 6. The van der Waals surface area contributed by atoms with Crippen LogP contribution in [-0.2, 0) is 14.3 Å². The Balaban J connectivity index is 1.82. The number of hydrogen-bond acceptors (Lipinski definition) is 5. The molecule has 0 unspecified atom stereocenters. The number of nitrogens with zero attached hydrogens (tertiary/aromatic N) is 3. The van der Waals surface area contributed by atoms with Gasteiger partial charge in [-0.15, -0.1) is 0 Å². The van der Waals surface area contributed by atoms with E-state index in [1.807, 2.05) is 12.1 Å². The maximum Gasteiger partial charge on any atom is 0.329 e. The van der Waals surface area contributed by atoms with E-state index in [-0.39, 0.29) is 13.0 Å². The summed E-state index contributed by atoms with van der Waals surface area (Å²) in [6.45, 7) is -0.248. The van der Waals surface area contributed by atoms with Crippen LogP contribution in [0.2, 0.25) is 10.0 Å². The fourth-order valence-corrected chi connectivity index (χ4v) is 4.13. The molecule has 8 nitrogen and oxygen atoms in total. The Morgan fingerprint density at radius 2 is 2.00 bits per heavy atom. The summed E-state index contributed by atoms with van der Waals surface area (Å²) < 4.78 is 7.17. The summed E-state index contributed by atoms with van der Waals surface area (Å²) in [6.07, 6.45) is 4.70. The van der Waals surface area contributed by atoms with Gasteiger partial charge in [-0.05, 0) is 18.2 Å². The van der Waals surface area contributed by atoms with Gasteiger partial charge in [0, 0.05) is 41.8 Å². The highest BCUT2D eigenvalue weighted by molar-refractivity contribution is 6.45. The molecule has 2 atom stereocenters. The number of carbonyl (C=O) groups is 2. The molecule has 1 aliphatic rings. The second-order valence-corrected chi connectivity index (χ2v) is 7.75. The molecule has 156 valence electrons. The summed E-state index contributed by atoms with van der Waals surface area (Å²) in [5.41, 5.74) is 1.38. The molecule has 0 radical (unpaired) electrons. The zero-order valence-electron chi connectivity index (χ0n) is 15.5. The van der Waals surface area contributed by atoms with Crippen LogP contribution in [0.25, 0.3) is 16.5 Å². The summed E-state index contributed by atoms with van der Waals surface area (Å²) in [5, 5.41) is 20.8. The third kappa shape index (κ3) is 3.81. The average molecular weight is 450 g/mol. The fourth-order valence-electron chi connectivity index (χ4n) is 3.75. The highest BCUT2D eigenvalue weighted by Crippen LogP contribution is 2.38. The number of halogens is 2. The standard InChI is InChI=1S/C20H17Cl2N3O5/c21-15-2-1-13-14(19(15)22)5-11(6-16(13)24-4-3-23-10-24)25-8-12(30-9-18(26)27)7-17(25)20(28)29/h1-6,10,12,17H,7-9H2,(H,26,27)(H,28,29)/t12-,17-/m0/s1. The molecule has 10 heteroatoms. The molecule has 1 aliphatic heterocycles. The van der Waals surface area contributed by atoms with E-state index in [9.17, 15) is 14.7 Å². The number of fused-ring (bicyclic) bond motifs is 1. The van der Waals surface area contributed by atoms with Gasteiger partial charge in [0.25, 0.3) is 0 Å². The summed E-state index contributed by atoms with van der Waals surface area (Å²) in [5.74, 6) is -2.12. The van der Waals surface area contributed by atoms with Gasteiger partial charge in [0.1, 0.15) is 12.6 Å². The smallest absolute Gasteiger partial charge is 0.329 e. The molecule has 30 heavy (non-hydrogen) atoms. The van der Waals surface area contributed by atoms with Gasteiger partial charge in [0.15, 0.2) is 0 Å². The minimum Gasteiger partial charge on any atom is -0.480 e. The van der Waals surface area contributed by atoms with Crippen LogP contribution in [0.15, 0.2) is 43.0 Å². The quantitative estimate of drug-likeness (QED) is 0.593. The molecule has 2 heterocycles. The molecule has 3 aromatic rings. The van der Waals surface area contributed by atoms with Crippen molar-refractivity contribution < 1.29 is 24.5 Å². The first-order chi connectivity index (χ1) is 14.3. The summed E-state index contributed by atoms with van der Waals surface area (Å²) >= 11 is 12.7. The number of carboxylic acid groups (broad SMARTS) is 2. The Hall–Kier alpha value is -2.81. The summed E-state index contributed by atoms with van der Waals surface area (Å²) in [4.78, 5) is 28.5. The minimum atomic E-state index is -1.10. The van der Waals surface area contributed by atoms with E-state index < -0.39 is 30.7 Å². The topological polar surface area (TPSA) is 105 Å². The minimum absolute atomic E-state index is 0.171. The normalized spacial score (nSPS) is 18.8. The molecule has 1 saturated heterocycles. The maximum atomic E-state index is 11.9. The molecule has 0 saturated carbocycles. The molecule has 2 aromatic carbocycles. The van der Waals surface area contributed by atoms with Crippen LogP contribution in [0.3, 0.4) is 0 Å². The lowest BCUT2D eigenvalue weighted by Crippen LogP contribution is -2.36. The number of anilines is 1. The largest absolute Gasteiger partial charge is 0.480 e. The molecule has 2 N–H and O–H groups in total. The van der Waals surface area contributed by atoms with Gasteiger partial charge in [-0.1, -0.05) is 29.3 Å². The Morgan fingerprint density at radius 3 is 2.67 bits per heavy atom. The van der Waals surface area contributed by atoms with Crippen molar-refractivity contribution in [2.45, 2.75) is 18.6 Å². The molecule has 1 fully saturated rings. The molecule has 0 amide bonds. The van der Waals surface area contributed by atoms with Crippen molar-refractivity contribution in [1.82, 2.24) is 9.55 Å². The SMILES string of the molecule is O=C(O)CO[C@H]1C[C@@H](C(=O)O)N(c2cc(-n3ccnc3)c3ccc(Cl)c(Cl)c3c2)C1. The van der Waals surface area contributed by atoms with Gasteiger partial charge in [0.2, 0.25) is 0 Å². The van der Waals surface area contributed by atoms with Crippen LogP contribution in [0, 0.1) is 0 Å². The van der Waals surface area contributed by atoms with Crippen molar-refractivity contribution in [3.63, 3.8) is 0 Å². The second kappa shape index (κ2) is 8.14. The van der Waals surface area contributed by atoms with Gasteiger partial charge in [-0.2, -0.15) is 0 Å². The Bertz CT molecular complexity index is 1120. The van der Waals surface area contributed by atoms with Crippen molar-refractivity contribution in [2.75, 3.05) is 18.1 Å². The number of benzene rings is 2. The predicted octanol–water partition coefficient (Wildman–Crippen LogP) is 3.47. The van der Waals surface area contributed by atoms with E-state index in [0.717, 1.165) is 11.1 Å². The van der Waals surface area contributed by atoms with Crippen molar-refractivity contribution >= 4 is 51.6 Å². The fraction of sp³-hybridized carbons (Fsp3) is 0.250. The van der Waals surface area contributed by atoms with Crippen LogP contribution in [0.5, 0.6) is 0 Å². The first-order valence-corrected chi connectivity index (χ1v) is 9.83. The Morgan fingerprint density at radius 1 is 1.20 bits per heavy atom. The monoisotopic (exact) mass is 449 g/mol. The molecule has 1 aromatic heterocycles. The van der Waals surface area contributed by atoms with Gasteiger partial charge in [0.05, 0.1) is 28.2 Å². The Kier molecular flexibility index (Phi) is 5.55. The number of aliphatic carboxylic acids is 2. The number of carboxylic acids is 2. The number of aromatic nitrogens is 2. The first-order valence-electron chi connectivity index (χ1n) is 9.08. The van der Waals surface area contributed by atoms with E-state index in [1.54, 1.807) is 40.3 Å². The predicted molar refractivity (Wildman–Crippen MR) is 112 cm³/mol. The molecule has 0 bridgehead atoms. The van der Waals surface area contributed by atoms with Crippen LogP contribution in [0.4, 0.5) is 5.69 Å². The van der Waals surface area contributed by atoms with E-state index in [2.05, 4.69) is 4.98 Å². The van der Waals surface area contributed by atoms with Gasteiger partial charge < -0.3 is 24.4 Å². The number of hydrogen-bond donors (Lipinski definition) is 2. The van der Waals surface area contributed by atoms with Crippen molar-refractivity contribution in [3.8, 4) is 5.69 Å². The number of ether oxygens (including phenoxy) is 1. The van der Waals surface area contributed by atoms with E-state index in [1.165, 1.54) is 0 Å². The number of imidazole rings is 1. The third-order valence-electron chi connectivity index (χ3n) is 5.09. The highest BCUT2D eigenvalue weighted by atomic mass is 35.5. The molecular formula is C20H17Cl2N3O5. The van der Waals surface area contributed by atoms with Gasteiger partial charge in [-0.3, -0.25) is 0 Å². The zero-order valence-corrected chi connectivity index (χ0v) is 17.0. The highest BCUT2D eigenvalue weighted by Gasteiger charge is 2.38. The lowest BCUT2D eigenvalue weighted by molar-refractivity contribution is -0.144. The van der Waals surface area contributed by atoms with E-state index in [0.29, 0.717) is 21.1 Å². The van der Waals surface area contributed by atoms with E-state index >= 15 is 0 Å². The zero-order chi connectivity index (χ0) is 21.4. The van der Waals surface area contributed by atoms with Crippen molar-refractivity contribution in [3.05, 3.63) is 53.0 Å². The molecule has 4 rings (SSSR count). The Labute approximate surface area is 181 Å². The van der Waals surface area contributed by atoms with Gasteiger partial charge in [-0.25, -0.2) is 14.6 Å². The van der Waals surface area contributed by atoms with Crippen LogP contribution in [0.1, 0.15) is 6.42 Å². The van der Waals surface area contributed by atoms with Gasteiger partial charge >= 0.3 is 11.9 Å². The van der Waals surface area contributed by atoms with Crippen molar-refractivity contribution in [1.29, 1.82) is 0 Å². The third-order valence-corrected chi connectivity index (χ3v) is 5.91. The maximum absolute atomic E-state index is 11.9.